The Morgan fingerprint density at radius 3 is 2.59 bits per heavy atom. The number of aromatic hydroxyl groups is 1. The molecule has 2 rings (SSSR count). The van der Waals surface area contributed by atoms with Gasteiger partial charge in [0.2, 0.25) is 0 Å². The van der Waals surface area contributed by atoms with Crippen LogP contribution >= 0.6 is 23.2 Å². The fourth-order valence-corrected chi connectivity index (χ4v) is 1.84. The largest absolute Gasteiger partial charge is 0.508 e. The zero-order valence-electron chi connectivity index (χ0n) is 8.86. The Morgan fingerprint density at radius 1 is 1.06 bits per heavy atom. The van der Waals surface area contributed by atoms with Crippen molar-refractivity contribution >= 4 is 23.2 Å². The van der Waals surface area contributed by atoms with Crippen molar-refractivity contribution in [2.24, 2.45) is 0 Å². The Hall–Kier alpha value is -1.38. The van der Waals surface area contributed by atoms with Crippen molar-refractivity contribution < 1.29 is 9.84 Å². The molecule has 0 heterocycles. The van der Waals surface area contributed by atoms with Crippen molar-refractivity contribution in [2.45, 2.75) is 6.61 Å². The maximum Gasteiger partial charge on any atom is 0.123 e. The molecule has 0 fully saturated rings. The summed E-state index contributed by atoms with van der Waals surface area (Å²) in [5.41, 5.74) is 0.847. The van der Waals surface area contributed by atoms with Crippen LogP contribution in [-0.2, 0) is 6.61 Å². The molecule has 0 aliphatic rings. The van der Waals surface area contributed by atoms with Crippen LogP contribution in [-0.4, -0.2) is 5.11 Å². The average molecular weight is 269 g/mol. The quantitative estimate of drug-likeness (QED) is 0.901. The van der Waals surface area contributed by atoms with E-state index in [9.17, 15) is 5.11 Å². The van der Waals surface area contributed by atoms with E-state index in [-0.39, 0.29) is 5.75 Å². The van der Waals surface area contributed by atoms with Gasteiger partial charge in [-0.1, -0.05) is 35.3 Å². The van der Waals surface area contributed by atoms with Crippen LogP contribution in [0.4, 0.5) is 0 Å². The lowest BCUT2D eigenvalue weighted by atomic mass is 10.2. The SMILES string of the molecule is Oc1cccc(OCc2ccc(Cl)cc2Cl)c1. The van der Waals surface area contributed by atoms with Crippen LogP contribution in [0.15, 0.2) is 42.5 Å². The van der Waals surface area contributed by atoms with Crippen molar-refractivity contribution in [2.75, 3.05) is 0 Å². The van der Waals surface area contributed by atoms with Gasteiger partial charge in [-0.3, -0.25) is 0 Å². The molecule has 4 heteroatoms. The van der Waals surface area contributed by atoms with E-state index in [1.54, 1.807) is 36.4 Å². The van der Waals surface area contributed by atoms with Gasteiger partial charge in [-0.15, -0.1) is 0 Å². The molecular weight excluding hydrogens is 259 g/mol. The normalized spacial score (nSPS) is 10.2. The Kier molecular flexibility index (Phi) is 3.77. The molecule has 1 N–H and O–H groups in total. The number of benzene rings is 2. The molecule has 2 nitrogen and oxygen atoms in total. The summed E-state index contributed by atoms with van der Waals surface area (Å²) in [7, 11) is 0. The summed E-state index contributed by atoms with van der Waals surface area (Å²) in [6.07, 6.45) is 0. The third-order valence-electron chi connectivity index (χ3n) is 2.23. The van der Waals surface area contributed by atoms with E-state index in [4.69, 9.17) is 27.9 Å². The maximum absolute atomic E-state index is 9.28. The van der Waals surface area contributed by atoms with E-state index in [1.807, 2.05) is 6.07 Å². The highest BCUT2D eigenvalue weighted by Crippen LogP contribution is 2.23. The number of ether oxygens (including phenoxy) is 1. The predicted molar refractivity (Wildman–Crippen MR) is 68.9 cm³/mol. The van der Waals surface area contributed by atoms with Crippen LogP contribution in [0.2, 0.25) is 10.0 Å². The van der Waals surface area contributed by atoms with Crippen LogP contribution in [0, 0.1) is 0 Å². The third-order valence-corrected chi connectivity index (χ3v) is 2.81. The summed E-state index contributed by atoms with van der Waals surface area (Å²) in [5.74, 6) is 0.765. The monoisotopic (exact) mass is 268 g/mol. The summed E-state index contributed by atoms with van der Waals surface area (Å²) in [6, 6.07) is 11.9. The molecular formula is C13H10Cl2O2. The van der Waals surface area contributed by atoms with Crippen LogP contribution in [0.3, 0.4) is 0 Å². The van der Waals surface area contributed by atoms with Gasteiger partial charge in [0, 0.05) is 21.7 Å². The first-order valence-corrected chi connectivity index (χ1v) is 5.76. The molecule has 0 atom stereocenters. The second-order valence-electron chi connectivity index (χ2n) is 3.52. The Morgan fingerprint density at radius 2 is 1.88 bits per heavy atom. The minimum atomic E-state index is 0.171. The first-order chi connectivity index (χ1) is 8.15. The third kappa shape index (κ3) is 3.29. The Balaban J connectivity index is 2.07. The lowest BCUT2D eigenvalue weighted by Crippen LogP contribution is -1.95. The summed E-state index contributed by atoms with van der Waals surface area (Å²) >= 11 is 11.8. The first-order valence-electron chi connectivity index (χ1n) is 5.01. The average Bonchev–Trinajstić information content (AvgIpc) is 2.28. The minimum absolute atomic E-state index is 0.171. The molecule has 0 saturated carbocycles. The highest BCUT2D eigenvalue weighted by atomic mass is 35.5. The van der Waals surface area contributed by atoms with Crippen LogP contribution in [0.1, 0.15) is 5.56 Å². The first kappa shape index (κ1) is 12.1. The molecule has 0 aliphatic heterocycles. The fraction of sp³-hybridized carbons (Fsp3) is 0.0769. The summed E-state index contributed by atoms with van der Waals surface area (Å²) in [4.78, 5) is 0. The molecule has 0 amide bonds. The van der Waals surface area contributed by atoms with Gasteiger partial charge in [-0.2, -0.15) is 0 Å². The van der Waals surface area contributed by atoms with Crippen molar-refractivity contribution in [1.82, 2.24) is 0 Å². The number of hydrogen-bond donors (Lipinski definition) is 1. The highest BCUT2D eigenvalue weighted by molar-refractivity contribution is 6.35. The van der Waals surface area contributed by atoms with Crippen LogP contribution < -0.4 is 4.74 Å². The second kappa shape index (κ2) is 5.30. The van der Waals surface area contributed by atoms with Gasteiger partial charge in [-0.05, 0) is 24.3 Å². The number of phenols is 1. The van der Waals surface area contributed by atoms with Crippen LogP contribution in [0.25, 0.3) is 0 Å². The molecule has 0 spiro atoms. The standard InChI is InChI=1S/C13H10Cl2O2/c14-10-5-4-9(13(15)6-10)8-17-12-3-1-2-11(16)7-12/h1-7,16H,8H2. The summed E-state index contributed by atoms with van der Waals surface area (Å²) in [6.45, 7) is 0.333. The van der Waals surface area contributed by atoms with Gasteiger partial charge in [0.1, 0.15) is 18.1 Å². The van der Waals surface area contributed by atoms with Gasteiger partial charge in [0.05, 0.1) is 0 Å². The maximum atomic E-state index is 9.28. The number of phenolic OH excluding ortho intramolecular Hbond substituents is 1. The number of rotatable bonds is 3. The van der Waals surface area contributed by atoms with Crippen molar-refractivity contribution in [3.8, 4) is 11.5 Å². The highest BCUT2D eigenvalue weighted by Gasteiger charge is 2.02. The van der Waals surface area contributed by atoms with Crippen LogP contribution in [0.5, 0.6) is 11.5 Å². The van der Waals surface area contributed by atoms with Gasteiger partial charge in [-0.25, -0.2) is 0 Å². The Labute approximate surface area is 109 Å². The molecule has 0 aromatic heterocycles. The number of hydrogen-bond acceptors (Lipinski definition) is 2. The molecule has 0 radical (unpaired) electrons. The lowest BCUT2D eigenvalue weighted by molar-refractivity contribution is 0.304. The zero-order valence-corrected chi connectivity index (χ0v) is 10.4. The van der Waals surface area contributed by atoms with Gasteiger partial charge in [0.25, 0.3) is 0 Å². The molecule has 0 unspecified atom stereocenters. The summed E-state index contributed by atoms with van der Waals surface area (Å²) in [5, 5.41) is 10.4. The summed E-state index contributed by atoms with van der Waals surface area (Å²) < 4.78 is 5.51. The van der Waals surface area contributed by atoms with E-state index in [1.165, 1.54) is 0 Å². The molecule has 0 aliphatic carbocycles. The van der Waals surface area contributed by atoms with Gasteiger partial charge in [0.15, 0.2) is 0 Å². The molecule has 2 aromatic rings. The molecule has 17 heavy (non-hydrogen) atoms. The van der Waals surface area contributed by atoms with E-state index < -0.39 is 0 Å². The van der Waals surface area contributed by atoms with Crippen molar-refractivity contribution in [1.29, 1.82) is 0 Å². The lowest BCUT2D eigenvalue weighted by Gasteiger charge is -2.08. The van der Waals surface area contributed by atoms with Crippen molar-refractivity contribution in [3.63, 3.8) is 0 Å². The smallest absolute Gasteiger partial charge is 0.123 e. The second-order valence-corrected chi connectivity index (χ2v) is 4.37. The van der Waals surface area contributed by atoms with Gasteiger partial charge < -0.3 is 9.84 Å². The fourth-order valence-electron chi connectivity index (χ4n) is 1.37. The molecule has 0 saturated heterocycles. The topological polar surface area (TPSA) is 29.5 Å². The van der Waals surface area contributed by atoms with E-state index in [0.29, 0.717) is 22.4 Å². The van der Waals surface area contributed by atoms with Crippen molar-refractivity contribution in [3.05, 3.63) is 58.1 Å². The minimum Gasteiger partial charge on any atom is -0.508 e. The van der Waals surface area contributed by atoms with Gasteiger partial charge >= 0.3 is 0 Å². The van der Waals surface area contributed by atoms with E-state index in [2.05, 4.69) is 0 Å². The molecule has 88 valence electrons. The van der Waals surface area contributed by atoms with E-state index in [0.717, 1.165) is 5.56 Å². The zero-order chi connectivity index (χ0) is 12.3. The number of halogens is 2. The molecule has 2 aromatic carbocycles. The predicted octanol–water partition coefficient (Wildman–Crippen LogP) is 4.28. The van der Waals surface area contributed by atoms with E-state index >= 15 is 0 Å². The Bertz CT molecular complexity index is 527. The molecule has 0 bridgehead atoms.